The van der Waals surface area contributed by atoms with E-state index < -0.39 is 0 Å². The van der Waals surface area contributed by atoms with Crippen molar-refractivity contribution >= 4 is 30.7 Å². The number of benzene rings is 1. The SMILES string of the molecule is Cl.Cl.O=C(CCC[C@H]1NCC2CC1CN(Cc1ccccc1)C2)NCCc1ccncc1. The molecule has 2 aromatic rings. The van der Waals surface area contributed by atoms with Gasteiger partial charge in [0.15, 0.2) is 0 Å². The number of likely N-dealkylation sites (tertiary alicyclic amines) is 1. The number of nitrogens with one attached hydrogen (secondary N) is 2. The van der Waals surface area contributed by atoms with Crippen molar-refractivity contribution in [1.29, 1.82) is 0 Å². The summed E-state index contributed by atoms with van der Waals surface area (Å²) in [6, 6.07) is 15.4. The van der Waals surface area contributed by atoms with Crippen molar-refractivity contribution < 1.29 is 4.79 Å². The van der Waals surface area contributed by atoms with Gasteiger partial charge in [-0.05, 0) is 67.3 Å². The maximum Gasteiger partial charge on any atom is 0.220 e. The van der Waals surface area contributed by atoms with Crippen LogP contribution in [0.4, 0.5) is 0 Å². The molecule has 0 saturated carbocycles. The number of rotatable bonds is 9. The highest BCUT2D eigenvalue weighted by Gasteiger charge is 2.35. The van der Waals surface area contributed by atoms with E-state index >= 15 is 0 Å². The summed E-state index contributed by atoms with van der Waals surface area (Å²) in [4.78, 5) is 18.8. The molecule has 2 fully saturated rings. The van der Waals surface area contributed by atoms with Gasteiger partial charge in [-0.15, -0.1) is 24.8 Å². The number of pyridine rings is 1. The molecule has 2 saturated heterocycles. The lowest BCUT2D eigenvalue weighted by Crippen LogP contribution is -2.55. The monoisotopic (exact) mass is 478 g/mol. The molecular weight excluding hydrogens is 443 g/mol. The molecule has 2 unspecified atom stereocenters. The zero-order chi connectivity index (χ0) is 20.6. The Kier molecular flexibility index (Phi) is 11.5. The van der Waals surface area contributed by atoms with Crippen LogP contribution in [0.3, 0.4) is 0 Å². The second kappa shape index (κ2) is 13.8. The Bertz CT molecular complexity index is 793. The molecule has 2 N–H and O–H groups in total. The first-order valence-corrected chi connectivity index (χ1v) is 11.4. The Balaban J connectivity index is 0.00000181. The summed E-state index contributed by atoms with van der Waals surface area (Å²) in [5, 5.41) is 6.84. The number of amides is 1. The van der Waals surface area contributed by atoms with Crippen LogP contribution in [-0.4, -0.2) is 48.0 Å². The highest BCUT2D eigenvalue weighted by Crippen LogP contribution is 2.31. The van der Waals surface area contributed by atoms with Crippen LogP contribution < -0.4 is 10.6 Å². The highest BCUT2D eigenvalue weighted by atomic mass is 35.5. The minimum atomic E-state index is 0. The molecule has 1 aromatic heterocycles. The van der Waals surface area contributed by atoms with Gasteiger partial charge >= 0.3 is 0 Å². The summed E-state index contributed by atoms with van der Waals surface area (Å²) in [7, 11) is 0. The number of nitrogens with zero attached hydrogens (tertiary/aromatic N) is 2. The van der Waals surface area contributed by atoms with Crippen molar-refractivity contribution in [2.75, 3.05) is 26.2 Å². The second-order valence-corrected chi connectivity index (χ2v) is 8.90. The number of piperidine rings is 2. The van der Waals surface area contributed by atoms with Crippen LogP contribution in [0.2, 0.25) is 0 Å². The lowest BCUT2D eigenvalue weighted by atomic mass is 9.79. The zero-order valence-electron chi connectivity index (χ0n) is 18.6. The van der Waals surface area contributed by atoms with Crippen molar-refractivity contribution in [1.82, 2.24) is 20.5 Å². The maximum atomic E-state index is 12.2. The summed E-state index contributed by atoms with van der Waals surface area (Å²) < 4.78 is 0. The van der Waals surface area contributed by atoms with Crippen molar-refractivity contribution in [2.24, 2.45) is 11.8 Å². The molecule has 2 aliphatic rings. The van der Waals surface area contributed by atoms with Crippen molar-refractivity contribution in [3.63, 3.8) is 0 Å². The molecule has 0 radical (unpaired) electrons. The van der Waals surface area contributed by atoms with Crippen molar-refractivity contribution in [2.45, 2.75) is 44.7 Å². The number of halogens is 2. The van der Waals surface area contributed by atoms with E-state index in [1.165, 1.54) is 30.6 Å². The third-order valence-corrected chi connectivity index (χ3v) is 6.54. The van der Waals surface area contributed by atoms with Gasteiger partial charge in [0.05, 0.1) is 0 Å². The number of aromatic nitrogens is 1. The standard InChI is InChI=1S/C25H34N4O.2ClH/c30-25(27-14-11-20-9-12-26-13-10-20)8-4-7-24-23-15-22(16-28-24)18-29(19-23)17-21-5-2-1-3-6-21;;/h1-3,5-6,9-10,12-13,22-24,28H,4,7-8,11,14-19H2,(H,27,30);2*1H/t22?,23?,24-;;/m1../s1. The largest absolute Gasteiger partial charge is 0.356 e. The van der Waals surface area contributed by atoms with Gasteiger partial charge in [0.1, 0.15) is 0 Å². The number of hydrogen-bond acceptors (Lipinski definition) is 4. The van der Waals surface area contributed by atoms with Gasteiger partial charge < -0.3 is 10.6 Å². The zero-order valence-corrected chi connectivity index (χ0v) is 20.3. The van der Waals surface area contributed by atoms with Gasteiger partial charge in [0, 0.05) is 51.0 Å². The van der Waals surface area contributed by atoms with E-state index in [4.69, 9.17) is 0 Å². The van der Waals surface area contributed by atoms with E-state index in [-0.39, 0.29) is 30.7 Å². The first kappa shape index (κ1) is 26.6. The van der Waals surface area contributed by atoms with Gasteiger partial charge in [-0.3, -0.25) is 14.7 Å². The fourth-order valence-corrected chi connectivity index (χ4v) is 5.05. The molecule has 32 heavy (non-hydrogen) atoms. The van der Waals surface area contributed by atoms with Crippen molar-refractivity contribution in [3.8, 4) is 0 Å². The Hall–Kier alpha value is -1.66. The summed E-state index contributed by atoms with van der Waals surface area (Å²) in [5.41, 5.74) is 2.62. The molecule has 4 rings (SSSR count). The normalized spacial score (nSPS) is 22.3. The average Bonchev–Trinajstić information content (AvgIpc) is 2.77. The molecule has 0 spiro atoms. The molecule has 176 valence electrons. The average molecular weight is 479 g/mol. The van der Waals surface area contributed by atoms with Crippen LogP contribution in [0.15, 0.2) is 54.9 Å². The Labute approximate surface area is 204 Å². The molecule has 7 heteroatoms. The third-order valence-electron chi connectivity index (χ3n) is 6.54. The molecule has 1 aromatic carbocycles. The topological polar surface area (TPSA) is 57.3 Å². The molecule has 3 heterocycles. The fourth-order valence-electron chi connectivity index (χ4n) is 5.05. The van der Waals surface area contributed by atoms with Crippen LogP contribution >= 0.6 is 24.8 Å². The van der Waals surface area contributed by atoms with Gasteiger partial charge in [0.25, 0.3) is 0 Å². The lowest BCUT2D eigenvalue weighted by molar-refractivity contribution is -0.121. The minimum Gasteiger partial charge on any atom is -0.356 e. The smallest absolute Gasteiger partial charge is 0.220 e. The molecule has 0 aliphatic carbocycles. The van der Waals surface area contributed by atoms with Crippen LogP contribution in [0.25, 0.3) is 0 Å². The number of carbonyl (C=O) groups excluding carboxylic acids is 1. The summed E-state index contributed by atoms with van der Waals surface area (Å²) >= 11 is 0. The van der Waals surface area contributed by atoms with Gasteiger partial charge in [0.2, 0.25) is 5.91 Å². The predicted molar refractivity (Wildman–Crippen MR) is 134 cm³/mol. The molecule has 2 bridgehead atoms. The van der Waals surface area contributed by atoms with E-state index in [1.54, 1.807) is 12.4 Å². The van der Waals surface area contributed by atoms with E-state index in [1.807, 2.05) is 12.1 Å². The molecule has 2 aliphatic heterocycles. The number of fused-ring (bicyclic) bond motifs is 2. The van der Waals surface area contributed by atoms with E-state index in [9.17, 15) is 4.79 Å². The summed E-state index contributed by atoms with van der Waals surface area (Å²) in [6.07, 6.45) is 8.46. The molecule has 5 nitrogen and oxygen atoms in total. The Morgan fingerprint density at radius 1 is 1.06 bits per heavy atom. The van der Waals surface area contributed by atoms with Crippen LogP contribution in [0, 0.1) is 11.8 Å². The maximum absolute atomic E-state index is 12.2. The number of carbonyl (C=O) groups is 1. The Morgan fingerprint density at radius 3 is 2.62 bits per heavy atom. The molecule has 1 amide bonds. The highest BCUT2D eigenvalue weighted by molar-refractivity contribution is 5.85. The summed E-state index contributed by atoms with van der Waals surface area (Å²) in [5.74, 6) is 1.64. The first-order valence-electron chi connectivity index (χ1n) is 11.4. The molecular formula is C25H36Cl2N4O. The third kappa shape index (κ3) is 8.04. The van der Waals surface area contributed by atoms with Gasteiger partial charge in [-0.2, -0.15) is 0 Å². The minimum absolute atomic E-state index is 0. The second-order valence-electron chi connectivity index (χ2n) is 8.90. The van der Waals surface area contributed by atoms with Crippen LogP contribution in [0.1, 0.15) is 36.8 Å². The quantitative estimate of drug-likeness (QED) is 0.574. The number of hydrogen-bond donors (Lipinski definition) is 2. The van der Waals surface area contributed by atoms with E-state index in [0.717, 1.165) is 38.3 Å². The predicted octanol–water partition coefficient (Wildman–Crippen LogP) is 3.86. The van der Waals surface area contributed by atoms with Crippen LogP contribution in [0.5, 0.6) is 0 Å². The summed E-state index contributed by atoms with van der Waals surface area (Å²) in [6.45, 7) is 5.24. The Morgan fingerprint density at radius 2 is 1.84 bits per heavy atom. The van der Waals surface area contributed by atoms with Crippen molar-refractivity contribution in [3.05, 3.63) is 66.0 Å². The van der Waals surface area contributed by atoms with Gasteiger partial charge in [-0.1, -0.05) is 30.3 Å². The van der Waals surface area contributed by atoms with Gasteiger partial charge in [-0.25, -0.2) is 0 Å². The first-order chi connectivity index (χ1) is 14.8. The lowest BCUT2D eigenvalue weighted by Gasteiger charge is -2.46. The molecule has 3 atom stereocenters. The van der Waals surface area contributed by atoms with E-state index in [2.05, 4.69) is 50.8 Å². The van der Waals surface area contributed by atoms with E-state index in [0.29, 0.717) is 24.9 Å². The fraction of sp³-hybridized carbons (Fsp3) is 0.520. The van der Waals surface area contributed by atoms with Crippen LogP contribution in [-0.2, 0) is 17.8 Å².